The van der Waals surface area contributed by atoms with Gasteiger partial charge in [-0.15, -0.1) is 0 Å². The molecular weight excluding hydrogens is 152 g/mol. The van der Waals surface area contributed by atoms with Gasteiger partial charge in [-0.05, 0) is 25.5 Å². The average molecular weight is 166 g/mol. The lowest BCUT2D eigenvalue weighted by atomic mass is 10.1. The molecule has 12 heavy (non-hydrogen) atoms. The minimum Gasteiger partial charge on any atom is -0.326 e. The first-order valence-electron chi connectivity index (χ1n) is 3.94. The quantitative estimate of drug-likeness (QED) is 0.659. The summed E-state index contributed by atoms with van der Waals surface area (Å²) >= 11 is 0. The first kappa shape index (κ1) is 9.00. The number of hydrogen-bond donors (Lipinski definition) is 1. The smallest absolute Gasteiger partial charge is 0.254 e. The molecule has 0 unspecified atom stereocenters. The molecule has 1 rings (SSSR count). The van der Waals surface area contributed by atoms with Gasteiger partial charge in [0.05, 0.1) is 0 Å². The Balaban J connectivity index is 3.50. The molecule has 1 heterocycles. The Morgan fingerprint density at radius 1 is 1.50 bits per heavy atom. The standard InChI is InChI=1S/C9H14N2O/c1-6-4-8(5-10)9(12)11(3)7(6)2/h4H,5,10H2,1-3H3. The molecule has 0 aliphatic rings. The van der Waals surface area contributed by atoms with Gasteiger partial charge in [-0.25, -0.2) is 0 Å². The van der Waals surface area contributed by atoms with E-state index in [1.165, 1.54) is 0 Å². The monoisotopic (exact) mass is 166 g/mol. The Morgan fingerprint density at radius 3 is 2.58 bits per heavy atom. The Hall–Kier alpha value is -1.09. The van der Waals surface area contributed by atoms with Gasteiger partial charge in [0.1, 0.15) is 0 Å². The second kappa shape index (κ2) is 3.11. The third-order valence-electron chi connectivity index (χ3n) is 2.26. The van der Waals surface area contributed by atoms with Crippen LogP contribution in [-0.4, -0.2) is 4.57 Å². The molecule has 3 heteroatoms. The number of hydrogen-bond acceptors (Lipinski definition) is 2. The van der Waals surface area contributed by atoms with Gasteiger partial charge in [-0.3, -0.25) is 4.79 Å². The zero-order chi connectivity index (χ0) is 9.30. The molecule has 0 atom stereocenters. The first-order chi connectivity index (χ1) is 5.57. The summed E-state index contributed by atoms with van der Waals surface area (Å²) in [6, 6.07) is 1.86. The van der Waals surface area contributed by atoms with E-state index >= 15 is 0 Å². The summed E-state index contributed by atoms with van der Waals surface area (Å²) in [5.41, 5.74) is 8.23. The lowest BCUT2D eigenvalue weighted by molar-refractivity contribution is 0.785. The molecule has 66 valence electrons. The van der Waals surface area contributed by atoms with Gasteiger partial charge < -0.3 is 10.3 Å². The van der Waals surface area contributed by atoms with Gasteiger partial charge in [-0.1, -0.05) is 0 Å². The van der Waals surface area contributed by atoms with Crippen LogP contribution in [0, 0.1) is 13.8 Å². The van der Waals surface area contributed by atoms with Crippen LogP contribution in [0.3, 0.4) is 0 Å². The number of rotatable bonds is 1. The van der Waals surface area contributed by atoms with Crippen molar-refractivity contribution in [3.05, 3.63) is 33.2 Å². The van der Waals surface area contributed by atoms with E-state index in [4.69, 9.17) is 5.73 Å². The molecule has 3 nitrogen and oxygen atoms in total. The maximum atomic E-state index is 11.5. The Morgan fingerprint density at radius 2 is 2.08 bits per heavy atom. The van der Waals surface area contributed by atoms with Crippen LogP contribution in [0.25, 0.3) is 0 Å². The van der Waals surface area contributed by atoms with Crippen LogP contribution >= 0.6 is 0 Å². The van der Waals surface area contributed by atoms with Gasteiger partial charge in [-0.2, -0.15) is 0 Å². The largest absolute Gasteiger partial charge is 0.326 e. The van der Waals surface area contributed by atoms with Gasteiger partial charge >= 0.3 is 0 Å². The summed E-state index contributed by atoms with van der Waals surface area (Å²) in [6.45, 7) is 4.22. The molecule has 0 saturated carbocycles. The summed E-state index contributed by atoms with van der Waals surface area (Å²) in [5, 5.41) is 0. The highest BCUT2D eigenvalue weighted by molar-refractivity contribution is 5.24. The molecule has 0 fully saturated rings. The van der Waals surface area contributed by atoms with E-state index in [-0.39, 0.29) is 5.56 Å². The highest BCUT2D eigenvalue weighted by Gasteiger charge is 2.03. The molecule has 0 spiro atoms. The van der Waals surface area contributed by atoms with E-state index in [1.807, 2.05) is 19.9 Å². The predicted molar refractivity (Wildman–Crippen MR) is 49.0 cm³/mol. The highest BCUT2D eigenvalue weighted by Crippen LogP contribution is 2.03. The topological polar surface area (TPSA) is 48.0 Å². The molecular formula is C9H14N2O. The summed E-state index contributed by atoms with van der Waals surface area (Å²) in [5.74, 6) is 0. The normalized spacial score (nSPS) is 10.3. The van der Waals surface area contributed by atoms with Crippen LogP contribution in [0.2, 0.25) is 0 Å². The highest BCUT2D eigenvalue weighted by atomic mass is 16.1. The van der Waals surface area contributed by atoms with E-state index in [9.17, 15) is 4.79 Å². The predicted octanol–water partition coefficient (Wildman–Crippen LogP) is 0.461. The number of aromatic nitrogens is 1. The maximum Gasteiger partial charge on any atom is 0.254 e. The second-order valence-corrected chi connectivity index (χ2v) is 3.01. The van der Waals surface area contributed by atoms with E-state index in [2.05, 4.69) is 0 Å². The van der Waals surface area contributed by atoms with Crippen molar-refractivity contribution in [2.45, 2.75) is 20.4 Å². The van der Waals surface area contributed by atoms with Crippen LogP contribution in [-0.2, 0) is 13.6 Å². The SMILES string of the molecule is Cc1cc(CN)c(=O)n(C)c1C. The third kappa shape index (κ3) is 1.28. The number of pyridine rings is 1. The van der Waals surface area contributed by atoms with E-state index in [0.29, 0.717) is 12.1 Å². The van der Waals surface area contributed by atoms with E-state index in [0.717, 1.165) is 11.3 Å². The molecule has 0 aliphatic heterocycles. The Kier molecular flexibility index (Phi) is 2.33. The van der Waals surface area contributed by atoms with Crippen molar-refractivity contribution in [3.63, 3.8) is 0 Å². The Bertz CT molecular complexity index is 352. The first-order valence-corrected chi connectivity index (χ1v) is 3.94. The fourth-order valence-electron chi connectivity index (χ4n) is 1.21. The second-order valence-electron chi connectivity index (χ2n) is 3.01. The minimum atomic E-state index is 0.0144. The number of nitrogens with two attached hydrogens (primary N) is 1. The van der Waals surface area contributed by atoms with Gasteiger partial charge in [0.25, 0.3) is 5.56 Å². The molecule has 0 bridgehead atoms. The zero-order valence-corrected chi connectivity index (χ0v) is 7.72. The van der Waals surface area contributed by atoms with Crippen LogP contribution in [0.1, 0.15) is 16.8 Å². The summed E-state index contributed by atoms with van der Waals surface area (Å²) in [6.07, 6.45) is 0. The molecule has 0 amide bonds. The zero-order valence-electron chi connectivity index (χ0n) is 7.72. The Labute approximate surface area is 71.8 Å². The minimum absolute atomic E-state index is 0.0144. The van der Waals surface area contributed by atoms with Gasteiger partial charge in [0.15, 0.2) is 0 Å². The lowest BCUT2D eigenvalue weighted by Gasteiger charge is -2.08. The van der Waals surface area contributed by atoms with Gasteiger partial charge in [0.2, 0.25) is 0 Å². The van der Waals surface area contributed by atoms with Crippen molar-refractivity contribution in [2.24, 2.45) is 12.8 Å². The molecule has 0 radical (unpaired) electrons. The van der Waals surface area contributed by atoms with Crippen molar-refractivity contribution in [1.29, 1.82) is 0 Å². The third-order valence-corrected chi connectivity index (χ3v) is 2.26. The fourth-order valence-corrected chi connectivity index (χ4v) is 1.21. The number of aryl methyl sites for hydroxylation is 1. The fraction of sp³-hybridized carbons (Fsp3) is 0.444. The van der Waals surface area contributed by atoms with Crippen LogP contribution in [0.5, 0.6) is 0 Å². The maximum absolute atomic E-state index is 11.5. The van der Waals surface area contributed by atoms with Crippen molar-refractivity contribution < 1.29 is 0 Å². The average Bonchev–Trinajstić information content (AvgIpc) is 2.08. The van der Waals surface area contributed by atoms with Crippen LogP contribution in [0.15, 0.2) is 10.9 Å². The molecule has 1 aromatic rings. The van der Waals surface area contributed by atoms with Crippen molar-refractivity contribution in [3.8, 4) is 0 Å². The molecule has 0 saturated heterocycles. The summed E-state index contributed by atoms with van der Waals surface area (Å²) < 4.78 is 1.64. The van der Waals surface area contributed by atoms with E-state index in [1.54, 1.807) is 11.6 Å². The molecule has 1 aromatic heterocycles. The van der Waals surface area contributed by atoms with Crippen molar-refractivity contribution >= 4 is 0 Å². The lowest BCUT2D eigenvalue weighted by Crippen LogP contribution is -2.25. The van der Waals surface area contributed by atoms with E-state index < -0.39 is 0 Å². The van der Waals surface area contributed by atoms with Crippen molar-refractivity contribution in [1.82, 2.24) is 4.57 Å². The van der Waals surface area contributed by atoms with Gasteiger partial charge in [0, 0.05) is 24.8 Å². The van der Waals surface area contributed by atoms with Crippen LogP contribution in [0.4, 0.5) is 0 Å². The summed E-state index contributed by atoms with van der Waals surface area (Å²) in [7, 11) is 1.77. The molecule has 2 N–H and O–H groups in total. The summed E-state index contributed by atoms with van der Waals surface area (Å²) in [4.78, 5) is 11.5. The molecule has 0 aliphatic carbocycles. The van der Waals surface area contributed by atoms with Crippen LogP contribution < -0.4 is 11.3 Å². The van der Waals surface area contributed by atoms with Crippen molar-refractivity contribution in [2.75, 3.05) is 0 Å². The number of nitrogens with zero attached hydrogens (tertiary/aromatic N) is 1. The molecule has 0 aromatic carbocycles.